The van der Waals surface area contributed by atoms with Gasteiger partial charge in [0.15, 0.2) is 0 Å². The molecule has 1 heterocycles. The highest BCUT2D eigenvalue weighted by atomic mass is 16.5. The van der Waals surface area contributed by atoms with Crippen LogP contribution in [-0.4, -0.2) is 61.4 Å². The van der Waals surface area contributed by atoms with Gasteiger partial charge in [0.1, 0.15) is 11.8 Å². The summed E-state index contributed by atoms with van der Waals surface area (Å²) in [5.41, 5.74) is 0.698. The minimum absolute atomic E-state index is 0.0186. The number of esters is 1. The zero-order valence-electron chi connectivity index (χ0n) is 18.3. The maximum atomic E-state index is 12.6. The first kappa shape index (κ1) is 24.2. The molecule has 0 aliphatic carbocycles. The van der Waals surface area contributed by atoms with Gasteiger partial charge in [0.2, 0.25) is 17.7 Å². The molecule has 2 rings (SSSR count). The lowest BCUT2D eigenvalue weighted by Crippen LogP contribution is -2.50. The molecule has 1 atom stereocenters. The molecule has 0 saturated carbocycles. The minimum Gasteiger partial charge on any atom is -0.497 e. The van der Waals surface area contributed by atoms with Crippen molar-refractivity contribution in [3.63, 3.8) is 0 Å². The second kappa shape index (κ2) is 11.9. The number of carbonyl (C=O) groups is 4. The van der Waals surface area contributed by atoms with Crippen LogP contribution in [-0.2, 0) is 23.9 Å². The molecule has 170 valence electrons. The fourth-order valence-electron chi connectivity index (χ4n) is 3.38. The van der Waals surface area contributed by atoms with E-state index < -0.39 is 12.0 Å². The lowest BCUT2D eigenvalue weighted by molar-refractivity contribution is -0.144. The zero-order valence-corrected chi connectivity index (χ0v) is 18.3. The number of benzene rings is 1. The number of hydrogen-bond donors (Lipinski definition) is 2. The number of rotatable bonds is 9. The van der Waals surface area contributed by atoms with Crippen molar-refractivity contribution in [1.82, 2.24) is 10.2 Å². The van der Waals surface area contributed by atoms with E-state index in [4.69, 9.17) is 9.47 Å². The van der Waals surface area contributed by atoms with Gasteiger partial charge in [-0.1, -0.05) is 0 Å². The summed E-state index contributed by atoms with van der Waals surface area (Å²) >= 11 is 0. The Morgan fingerprint density at radius 3 is 2.32 bits per heavy atom. The summed E-state index contributed by atoms with van der Waals surface area (Å²) in [6.07, 6.45) is 1.06. The van der Waals surface area contributed by atoms with E-state index in [1.54, 1.807) is 50.1 Å². The Labute approximate surface area is 182 Å². The predicted molar refractivity (Wildman–Crippen MR) is 114 cm³/mol. The van der Waals surface area contributed by atoms with E-state index in [-0.39, 0.29) is 43.1 Å². The number of piperidine rings is 1. The van der Waals surface area contributed by atoms with Crippen LogP contribution in [0.2, 0.25) is 0 Å². The second-order valence-corrected chi connectivity index (χ2v) is 7.41. The van der Waals surface area contributed by atoms with Crippen LogP contribution in [0.5, 0.6) is 5.75 Å². The van der Waals surface area contributed by atoms with Crippen molar-refractivity contribution in [2.75, 3.05) is 32.1 Å². The Bertz CT molecular complexity index is 772. The summed E-state index contributed by atoms with van der Waals surface area (Å²) in [6, 6.07) is 6.42. The maximum Gasteiger partial charge on any atom is 0.306 e. The number of amides is 3. The second-order valence-electron chi connectivity index (χ2n) is 7.41. The number of anilines is 1. The van der Waals surface area contributed by atoms with E-state index in [0.29, 0.717) is 37.4 Å². The molecule has 9 nitrogen and oxygen atoms in total. The average Bonchev–Trinajstić information content (AvgIpc) is 2.78. The summed E-state index contributed by atoms with van der Waals surface area (Å²) in [7, 11) is 1.58. The molecule has 31 heavy (non-hydrogen) atoms. The highest BCUT2D eigenvalue weighted by molar-refractivity contribution is 5.93. The topological polar surface area (TPSA) is 114 Å². The van der Waals surface area contributed by atoms with E-state index in [0.717, 1.165) is 0 Å². The highest BCUT2D eigenvalue weighted by Gasteiger charge is 2.30. The summed E-state index contributed by atoms with van der Waals surface area (Å²) in [5, 5.41) is 5.52. The van der Waals surface area contributed by atoms with Crippen LogP contribution in [0.4, 0.5) is 5.69 Å². The smallest absolute Gasteiger partial charge is 0.306 e. The molecule has 9 heteroatoms. The number of likely N-dealkylation sites (tertiary alicyclic amines) is 1. The molecular formula is C22H31N3O6. The molecule has 1 aromatic carbocycles. The third kappa shape index (κ3) is 7.58. The van der Waals surface area contributed by atoms with E-state index in [1.807, 2.05) is 0 Å². The van der Waals surface area contributed by atoms with Crippen molar-refractivity contribution in [3.8, 4) is 5.75 Å². The molecule has 1 fully saturated rings. The first-order chi connectivity index (χ1) is 14.8. The van der Waals surface area contributed by atoms with Crippen molar-refractivity contribution in [2.45, 2.75) is 45.6 Å². The minimum atomic E-state index is -0.695. The summed E-state index contributed by atoms with van der Waals surface area (Å²) in [6.45, 7) is 4.48. The molecule has 0 spiro atoms. The first-order valence-corrected chi connectivity index (χ1v) is 10.5. The molecule has 1 saturated heterocycles. The molecule has 1 aliphatic heterocycles. The number of hydrogen-bond acceptors (Lipinski definition) is 6. The number of nitrogens with zero attached hydrogens (tertiary/aromatic N) is 1. The predicted octanol–water partition coefficient (Wildman–Crippen LogP) is 1.72. The molecule has 3 amide bonds. The molecule has 1 aromatic rings. The Morgan fingerprint density at radius 1 is 1.10 bits per heavy atom. The standard InChI is InChI=1S/C22H31N3O6/c1-4-31-20(27)10-9-19(26)23-15(2)22(29)25-13-11-16(12-14-25)21(28)24-17-5-7-18(30-3)8-6-17/h5-8,15-16H,4,9-14H2,1-3H3,(H,23,26)(H,24,28)/t15-/m0/s1. The Kier molecular flexibility index (Phi) is 9.30. The maximum absolute atomic E-state index is 12.6. The van der Waals surface area contributed by atoms with Crippen LogP contribution in [0, 0.1) is 5.92 Å². The van der Waals surface area contributed by atoms with Gasteiger partial charge in [0.25, 0.3) is 0 Å². The van der Waals surface area contributed by atoms with Gasteiger partial charge >= 0.3 is 5.97 Å². The van der Waals surface area contributed by atoms with Crippen LogP contribution in [0.15, 0.2) is 24.3 Å². The fourth-order valence-corrected chi connectivity index (χ4v) is 3.38. The van der Waals surface area contributed by atoms with Gasteiger partial charge < -0.3 is 25.0 Å². The monoisotopic (exact) mass is 433 g/mol. The van der Waals surface area contributed by atoms with Crippen molar-refractivity contribution in [1.29, 1.82) is 0 Å². The summed E-state index contributed by atoms with van der Waals surface area (Å²) in [5.74, 6) is -0.544. The average molecular weight is 434 g/mol. The number of methoxy groups -OCH3 is 1. The van der Waals surface area contributed by atoms with E-state index >= 15 is 0 Å². The lowest BCUT2D eigenvalue weighted by atomic mass is 9.95. The summed E-state index contributed by atoms with van der Waals surface area (Å²) < 4.78 is 9.89. The fraction of sp³-hybridized carbons (Fsp3) is 0.545. The van der Waals surface area contributed by atoms with Gasteiger partial charge in [0.05, 0.1) is 20.1 Å². The third-order valence-corrected chi connectivity index (χ3v) is 5.14. The molecule has 0 bridgehead atoms. The molecule has 0 aromatic heterocycles. The Balaban J connectivity index is 1.74. The Hall–Kier alpha value is -3.10. The van der Waals surface area contributed by atoms with Crippen molar-refractivity contribution in [3.05, 3.63) is 24.3 Å². The summed E-state index contributed by atoms with van der Waals surface area (Å²) in [4.78, 5) is 50.1. The van der Waals surface area contributed by atoms with Crippen LogP contribution in [0.1, 0.15) is 39.5 Å². The number of carbonyl (C=O) groups excluding carboxylic acids is 4. The van der Waals surface area contributed by atoms with Gasteiger partial charge in [-0.15, -0.1) is 0 Å². The normalized spacial score (nSPS) is 15.0. The van der Waals surface area contributed by atoms with Gasteiger partial charge in [-0.3, -0.25) is 19.2 Å². The van der Waals surface area contributed by atoms with Crippen LogP contribution in [0.3, 0.4) is 0 Å². The molecule has 2 N–H and O–H groups in total. The van der Waals surface area contributed by atoms with E-state index in [9.17, 15) is 19.2 Å². The van der Waals surface area contributed by atoms with Crippen LogP contribution >= 0.6 is 0 Å². The van der Waals surface area contributed by atoms with Gasteiger partial charge in [-0.2, -0.15) is 0 Å². The van der Waals surface area contributed by atoms with Crippen molar-refractivity contribution in [2.24, 2.45) is 5.92 Å². The molecule has 1 aliphatic rings. The molecule has 0 radical (unpaired) electrons. The van der Waals surface area contributed by atoms with E-state index in [2.05, 4.69) is 10.6 Å². The number of ether oxygens (including phenoxy) is 2. The molecular weight excluding hydrogens is 402 g/mol. The van der Waals surface area contributed by atoms with Crippen molar-refractivity contribution < 1.29 is 28.7 Å². The largest absolute Gasteiger partial charge is 0.497 e. The van der Waals surface area contributed by atoms with Crippen molar-refractivity contribution >= 4 is 29.4 Å². The highest BCUT2D eigenvalue weighted by Crippen LogP contribution is 2.21. The number of nitrogens with one attached hydrogen (secondary N) is 2. The van der Waals surface area contributed by atoms with Gasteiger partial charge in [0, 0.05) is 31.1 Å². The third-order valence-electron chi connectivity index (χ3n) is 5.14. The van der Waals surface area contributed by atoms with E-state index in [1.165, 1.54) is 0 Å². The SMILES string of the molecule is CCOC(=O)CCC(=O)N[C@@H](C)C(=O)N1CCC(C(=O)Nc2ccc(OC)cc2)CC1. The van der Waals surface area contributed by atoms with Crippen LogP contribution < -0.4 is 15.4 Å². The first-order valence-electron chi connectivity index (χ1n) is 10.5. The van der Waals surface area contributed by atoms with Crippen LogP contribution in [0.25, 0.3) is 0 Å². The Morgan fingerprint density at radius 2 is 1.74 bits per heavy atom. The van der Waals surface area contributed by atoms with Gasteiger partial charge in [-0.25, -0.2) is 0 Å². The lowest BCUT2D eigenvalue weighted by Gasteiger charge is -2.33. The molecule has 0 unspecified atom stereocenters. The quantitative estimate of drug-likeness (QED) is 0.573. The zero-order chi connectivity index (χ0) is 22.8. The van der Waals surface area contributed by atoms with Gasteiger partial charge in [-0.05, 0) is 51.0 Å².